The van der Waals surface area contributed by atoms with Crippen molar-refractivity contribution in [2.24, 2.45) is 5.92 Å². The number of benzene rings is 1. The first-order valence-electron chi connectivity index (χ1n) is 11.0. The van der Waals surface area contributed by atoms with Crippen molar-refractivity contribution in [1.29, 1.82) is 0 Å². The fourth-order valence-electron chi connectivity index (χ4n) is 4.11. The minimum absolute atomic E-state index is 0.0339. The van der Waals surface area contributed by atoms with Crippen LogP contribution in [0, 0.1) is 5.92 Å². The summed E-state index contributed by atoms with van der Waals surface area (Å²) in [7, 11) is 0. The zero-order valence-electron chi connectivity index (χ0n) is 18.5. The molecule has 7 nitrogen and oxygen atoms in total. The van der Waals surface area contributed by atoms with Gasteiger partial charge in [-0.3, -0.25) is 14.4 Å². The molecule has 168 valence electrons. The standard InChI is InChI=1S/C24H32N2O5/c1-17-15-26(16-18(2)30-17)23(28)19(3)31-24(29)21-11-13-25(14-12-21)22(27)10-9-20-7-5-4-6-8-20/h4-10,17-19,21H,11-16H2,1-3H3/b10-9+. The fraction of sp³-hybridized carbons (Fsp3) is 0.542. The van der Waals surface area contributed by atoms with Crippen LogP contribution in [0.3, 0.4) is 0 Å². The number of hydrogen-bond donors (Lipinski definition) is 0. The summed E-state index contributed by atoms with van der Waals surface area (Å²) >= 11 is 0. The van der Waals surface area contributed by atoms with Gasteiger partial charge < -0.3 is 19.3 Å². The van der Waals surface area contributed by atoms with E-state index >= 15 is 0 Å². The first-order valence-corrected chi connectivity index (χ1v) is 11.0. The summed E-state index contributed by atoms with van der Waals surface area (Å²) in [6.07, 6.45) is 3.55. The minimum atomic E-state index is -0.821. The van der Waals surface area contributed by atoms with Crippen molar-refractivity contribution >= 4 is 23.9 Å². The Morgan fingerprint density at radius 1 is 1.03 bits per heavy atom. The molecule has 2 fully saturated rings. The molecule has 1 aromatic carbocycles. The average molecular weight is 429 g/mol. The van der Waals surface area contributed by atoms with Crippen LogP contribution in [0.15, 0.2) is 36.4 Å². The van der Waals surface area contributed by atoms with E-state index in [-0.39, 0.29) is 35.9 Å². The number of carbonyl (C=O) groups excluding carboxylic acids is 3. The zero-order valence-corrected chi connectivity index (χ0v) is 18.5. The molecule has 7 heteroatoms. The molecular formula is C24H32N2O5. The van der Waals surface area contributed by atoms with Gasteiger partial charge >= 0.3 is 5.97 Å². The number of carbonyl (C=O) groups is 3. The summed E-state index contributed by atoms with van der Waals surface area (Å²) in [5.74, 6) is -0.897. The van der Waals surface area contributed by atoms with Crippen molar-refractivity contribution in [3.05, 3.63) is 42.0 Å². The van der Waals surface area contributed by atoms with Crippen molar-refractivity contribution < 1.29 is 23.9 Å². The number of amides is 2. The number of esters is 1. The molecule has 31 heavy (non-hydrogen) atoms. The molecule has 2 saturated heterocycles. The van der Waals surface area contributed by atoms with Gasteiger partial charge in [-0.25, -0.2) is 0 Å². The fourth-order valence-corrected chi connectivity index (χ4v) is 4.11. The highest BCUT2D eigenvalue weighted by atomic mass is 16.5. The van der Waals surface area contributed by atoms with E-state index in [1.165, 1.54) is 0 Å². The third-order valence-electron chi connectivity index (χ3n) is 5.73. The van der Waals surface area contributed by atoms with Crippen LogP contribution >= 0.6 is 0 Å². The number of rotatable bonds is 5. The van der Waals surface area contributed by atoms with Crippen LogP contribution in [0.1, 0.15) is 39.2 Å². The van der Waals surface area contributed by atoms with Crippen molar-refractivity contribution in [3.8, 4) is 0 Å². The van der Waals surface area contributed by atoms with Gasteiger partial charge in [0.2, 0.25) is 5.91 Å². The SMILES string of the molecule is CC1CN(C(=O)C(C)OC(=O)C2CCN(C(=O)/C=C/c3ccccc3)CC2)CC(C)O1. The summed E-state index contributed by atoms with van der Waals surface area (Å²) in [5.41, 5.74) is 0.969. The molecule has 3 unspecified atom stereocenters. The summed E-state index contributed by atoms with van der Waals surface area (Å²) in [5, 5.41) is 0. The molecule has 0 spiro atoms. The van der Waals surface area contributed by atoms with E-state index in [9.17, 15) is 14.4 Å². The molecule has 0 radical (unpaired) electrons. The first kappa shape index (κ1) is 23.0. The molecule has 0 N–H and O–H groups in total. The normalized spacial score (nSPS) is 23.6. The van der Waals surface area contributed by atoms with Gasteiger partial charge in [-0.15, -0.1) is 0 Å². The predicted octanol–water partition coefficient (Wildman–Crippen LogP) is 2.51. The van der Waals surface area contributed by atoms with E-state index in [4.69, 9.17) is 9.47 Å². The number of piperidine rings is 1. The van der Waals surface area contributed by atoms with Gasteiger partial charge in [0.25, 0.3) is 5.91 Å². The summed E-state index contributed by atoms with van der Waals surface area (Å²) < 4.78 is 11.1. The van der Waals surface area contributed by atoms with Crippen molar-refractivity contribution in [3.63, 3.8) is 0 Å². The van der Waals surface area contributed by atoms with Crippen LogP contribution in [0.5, 0.6) is 0 Å². The molecular weight excluding hydrogens is 396 g/mol. The molecule has 0 aromatic heterocycles. The third kappa shape index (κ3) is 6.40. The smallest absolute Gasteiger partial charge is 0.309 e. The lowest BCUT2D eigenvalue weighted by atomic mass is 9.97. The molecule has 1 aromatic rings. The zero-order chi connectivity index (χ0) is 22.4. The van der Waals surface area contributed by atoms with E-state index in [1.54, 1.807) is 28.9 Å². The maximum absolute atomic E-state index is 12.7. The predicted molar refractivity (Wildman–Crippen MR) is 117 cm³/mol. The summed E-state index contributed by atoms with van der Waals surface area (Å²) in [6.45, 7) is 7.48. The lowest BCUT2D eigenvalue weighted by Crippen LogP contribution is -2.51. The number of ether oxygens (including phenoxy) is 2. The Bertz CT molecular complexity index is 791. The van der Waals surface area contributed by atoms with Gasteiger partial charge in [-0.2, -0.15) is 0 Å². The topological polar surface area (TPSA) is 76.2 Å². The second kappa shape index (κ2) is 10.6. The number of hydrogen-bond acceptors (Lipinski definition) is 5. The Balaban J connectivity index is 1.44. The van der Waals surface area contributed by atoms with Gasteiger partial charge in [-0.1, -0.05) is 30.3 Å². The minimum Gasteiger partial charge on any atom is -0.452 e. The van der Waals surface area contributed by atoms with Gasteiger partial charge in [0, 0.05) is 32.3 Å². The Morgan fingerprint density at radius 3 is 2.26 bits per heavy atom. The molecule has 2 heterocycles. The first-order chi connectivity index (χ1) is 14.8. The average Bonchev–Trinajstić information content (AvgIpc) is 2.77. The van der Waals surface area contributed by atoms with Crippen molar-refractivity contribution in [1.82, 2.24) is 9.80 Å². The molecule has 2 aliphatic rings. The van der Waals surface area contributed by atoms with Crippen LogP contribution in [-0.2, 0) is 23.9 Å². The molecule has 0 aliphatic carbocycles. The number of nitrogens with zero attached hydrogens (tertiary/aromatic N) is 2. The van der Waals surface area contributed by atoms with Gasteiger partial charge in [0.15, 0.2) is 6.10 Å². The molecule has 3 rings (SSSR count). The highest BCUT2D eigenvalue weighted by molar-refractivity contribution is 5.92. The van der Waals surface area contributed by atoms with Crippen molar-refractivity contribution in [2.45, 2.75) is 51.9 Å². The van der Waals surface area contributed by atoms with Gasteiger partial charge in [0.05, 0.1) is 18.1 Å². The largest absolute Gasteiger partial charge is 0.452 e. The molecule has 3 atom stereocenters. The quantitative estimate of drug-likeness (QED) is 0.532. The lowest BCUT2D eigenvalue weighted by Gasteiger charge is -2.36. The van der Waals surface area contributed by atoms with Crippen LogP contribution in [0.2, 0.25) is 0 Å². The number of morpholine rings is 1. The van der Waals surface area contributed by atoms with Crippen molar-refractivity contribution in [2.75, 3.05) is 26.2 Å². The monoisotopic (exact) mass is 428 g/mol. The van der Waals surface area contributed by atoms with Crippen LogP contribution in [0.4, 0.5) is 0 Å². The molecule has 0 bridgehead atoms. The Kier molecular flexibility index (Phi) is 7.85. The van der Waals surface area contributed by atoms with E-state index in [0.717, 1.165) is 5.56 Å². The van der Waals surface area contributed by atoms with Gasteiger partial charge in [0.1, 0.15) is 0 Å². The summed E-state index contributed by atoms with van der Waals surface area (Å²) in [4.78, 5) is 41.1. The second-order valence-electron chi connectivity index (χ2n) is 8.42. The van der Waals surface area contributed by atoms with Crippen LogP contribution in [-0.4, -0.2) is 72.1 Å². The number of likely N-dealkylation sites (tertiary alicyclic amines) is 1. The Morgan fingerprint density at radius 2 is 1.65 bits per heavy atom. The summed E-state index contributed by atoms with van der Waals surface area (Å²) in [6, 6.07) is 9.65. The Labute approximate surface area is 184 Å². The van der Waals surface area contributed by atoms with Crippen LogP contribution < -0.4 is 0 Å². The van der Waals surface area contributed by atoms with Gasteiger partial charge in [-0.05, 0) is 45.3 Å². The maximum atomic E-state index is 12.7. The third-order valence-corrected chi connectivity index (χ3v) is 5.73. The molecule has 2 amide bonds. The van der Waals surface area contributed by atoms with Crippen LogP contribution in [0.25, 0.3) is 6.08 Å². The lowest BCUT2D eigenvalue weighted by molar-refractivity contribution is -0.168. The molecule has 2 aliphatic heterocycles. The molecule has 0 saturated carbocycles. The van der Waals surface area contributed by atoms with E-state index < -0.39 is 6.10 Å². The maximum Gasteiger partial charge on any atom is 0.309 e. The second-order valence-corrected chi connectivity index (χ2v) is 8.42. The van der Waals surface area contributed by atoms with E-state index in [2.05, 4.69) is 0 Å². The van der Waals surface area contributed by atoms with E-state index in [0.29, 0.717) is 39.0 Å². The highest BCUT2D eigenvalue weighted by Crippen LogP contribution is 2.21. The highest BCUT2D eigenvalue weighted by Gasteiger charge is 2.33. The van der Waals surface area contributed by atoms with E-state index in [1.807, 2.05) is 44.2 Å². The Hall–Kier alpha value is -2.67.